The molecule has 2 nitrogen and oxygen atoms in total. The first-order chi connectivity index (χ1) is 8.15. The average molecular weight is 287 g/mol. The Kier molecular flexibility index (Phi) is 2.37. The molecule has 0 spiro atoms. The van der Waals surface area contributed by atoms with Crippen LogP contribution in [0.15, 0.2) is 34.8 Å². The number of pyridine rings is 2. The van der Waals surface area contributed by atoms with Crippen LogP contribution in [-0.4, -0.2) is 9.97 Å². The molecule has 0 aliphatic rings. The summed E-state index contributed by atoms with van der Waals surface area (Å²) in [6, 6.07) is 10.3. The fourth-order valence-electron chi connectivity index (χ4n) is 2.05. The number of hydrogen-bond acceptors (Lipinski definition) is 2. The molecule has 3 rings (SSSR count). The van der Waals surface area contributed by atoms with Gasteiger partial charge in [-0.1, -0.05) is 34.1 Å². The molecule has 0 bridgehead atoms. The fraction of sp³-hybridized carbons (Fsp3) is 0.143. The third kappa shape index (κ3) is 1.71. The molecule has 0 unspecified atom stereocenters. The zero-order valence-electron chi connectivity index (χ0n) is 9.66. The Balaban J connectivity index is 2.58. The summed E-state index contributed by atoms with van der Waals surface area (Å²) in [5.41, 5.74) is 3.97. The van der Waals surface area contributed by atoms with Crippen LogP contribution in [0.5, 0.6) is 0 Å². The zero-order chi connectivity index (χ0) is 12.0. The molecule has 2 aromatic heterocycles. The van der Waals surface area contributed by atoms with E-state index >= 15 is 0 Å². The lowest BCUT2D eigenvalue weighted by Crippen LogP contribution is -1.90. The molecule has 0 radical (unpaired) electrons. The Hall–Kier alpha value is -1.48. The number of nitrogens with zero attached hydrogens (tertiary/aromatic N) is 2. The summed E-state index contributed by atoms with van der Waals surface area (Å²) in [6.45, 7) is 4.00. The molecule has 0 aliphatic carbocycles. The summed E-state index contributed by atoms with van der Waals surface area (Å²) in [6.07, 6.45) is 0. The van der Waals surface area contributed by atoms with Crippen LogP contribution in [0, 0.1) is 13.8 Å². The standard InChI is InChI=1S/C14H11BrN2/c1-8-3-4-10-5-6-11-12(15)7-9(2)17-14(11)13(10)16-8/h3-7H,1-2H3. The van der Waals surface area contributed by atoms with Crippen LogP contribution in [-0.2, 0) is 0 Å². The molecule has 1 aromatic carbocycles. The number of fused-ring (bicyclic) bond motifs is 3. The van der Waals surface area contributed by atoms with E-state index in [1.54, 1.807) is 0 Å². The van der Waals surface area contributed by atoms with Crippen LogP contribution in [0.1, 0.15) is 11.4 Å². The van der Waals surface area contributed by atoms with E-state index in [0.29, 0.717) is 0 Å². The van der Waals surface area contributed by atoms with Gasteiger partial charge in [-0.25, -0.2) is 0 Å². The first kappa shape index (κ1) is 10.7. The van der Waals surface area contributed by atoms with Crippen molar-refractivity contribution in [3.63, 3.8) is 0 Å². The van der Waals surface area contributed by atoms with Crippen molar-refractivity contribution < 1.29 is 0 Å². The van der Waals surface area contributed by atoms with Gasteiger partial charge in [0.25, 0.3) is 0 Å². The van der Waals surface area contributed by atoms with Gasteiger partial charge >= 0.3 is 0 Å². The summed E-state index contributed by atoms with van der Waals surface area (Å²) < 4.78 is 1.07. The van der Waals surface area contributed by atoms with Gasteiger partial charge in [0.15, 0.2) is 0 Å². The lowest BCUT2D eigenvalue weighted by atomic mass is 10.1. The SMILES string of the molecule is Cc1ccc2ccc3c(Br)cc(C)nc3c2n1. The molecule has 3 heteroatoms. The minimum absolute atomic E-state index is 0.970. The van der Waals surface area contributed by atoms with Crippen molar-refractivity contribution in [1.29, 1.82) is 0 Å². The van der Waals surface area contributed by atoms with E-state index in [-0.39, 0.29) is 0 Å². The normalized spacial score (nSPS) is 11.2. The van der Waals surface area contributed by atoms with Crippen LogP contribution in [0.4, 0.5) is 0 Å². The van der Waals surface area contributed by atoms with Crippen LogP contribution < -0.4 is 0 Å². The van der Waals surface area contributed by atoms with E-state index < -0.39 is 0 Å². The highest BCUT2D eigenvalue weighted by atomic mass is 79.9. The first-order valence-corrected chi connectivity index (χ1v) is 6.28. The van der Waals surface area contributed by atoms with E-state index in [4.69, 9.17) is 0 Å². The van der Waals surface area contributed by atoms with Crippen molar-refractivity contribution in [3.8, 4) is 0 Å². The summed E-state index contributed by atoms with van der Waals surface area (Å²) >= 11 is 3.58. The first-order valence-electron chi connectivity index (χ1n) is 5.48. The Morgan fingerprint density at radius 3 is 2.41 bits per heavy atom. The molecule has 3 aromatic rings. The molecule has 2 heterocycles. The van der Waals surface area contributed by atoms with Gasteiger partial charge in [-0.3, -0.25) is 9.97 Å². The molecule has 0 amide bonds. The summed E-state index contributed by atoms with van der Waals surface area (Å²) in [7, 11) is 0. The summed E-state index contributed by atoms with van der Waals surface area (Å²) in [5, 5.41) is 2.24. The van der Waals surface area contributed by atoms with E-state index in [2.05, 4.69) is 44.1 Å². The molecular weight excluding hydrogens is 276 g/mol. The maximum Gasteiger partial charge on any atom is 0.0979 e. The lowest BCUT2D eigenvalue weighted by Gasteiger charge is -2.06. The maximum atomic E-state index is 4.61. The quantitative estimate of drug-likeness (QED) is 0.580. The van der Waals surface area contributed by atoms with Crippen molar-refractivity contribution in [1.82, 2.24) is 9.97 Å². The van der Waals surface area contributed by atoms with Gasteiger partial charge in [-0.15, -0.1) is 0 Å². The summed E-state index contributed by atoms with van der Waals surface area (Å²) in [5.74, 6) is 0. The van der Waals surface area contributed by atoms with Gasteiger partial charge in [0, 0.05) is 26.6 Å². The maximum absolute atomic E-state index is 4.61. The van der Waals surface area contributed by atoms with Gasteiger partial charge < -0.3 is 0 Å². The molecule has 0 atom stereocenters. The Morgan fingerprint density at radius 2 is 1.59 bits per heavy atom. The second kappa shape index (κ2) is 3.77. The van der Waals surface area contributed by atoms with E-state index in [1.807, 2.05) is 26.0 Å². The number of halogens is 1. The van der Waals surface area contributed by atoms with Gasteiger partial charge in [0.2, 0.25) is 0 Å². The topological polar surface area (TPSA) is 25.8 Å². The zero-order valence-corrected chi connectivity index (χ0v) is 11.2. The Morgan fingerprint density at radius 1 is 0.882 bits per heavy atom. The van der Waals surface area contributed by atoms with Gasteiger partial charge in [0.05, 0.1) is 11.0 Å². The second-order valence-corrected chi connectivity index (χ2v) is 5.09. The van der Waals surface area contributed by atoms with Gasteiger partial charge in [-0.05, 0) is 26.0 Å². The summed E-state index contributed by atoms with van der Waals surface area (Å²) in [4.78, 5) is 9.22. The van der Waals surface area contributed by atoms with Crippen LogP contribution >= 0.6 is 15.9 Å². The van der Waals surface area contributed by atoms with Gasteiger partial charge in [0.1, 0.15) is 0 Å². The van der Waals surface area contributed by atoms with E-state index in [1.165, 1.54) is 0 Å². The van der Waals surface area contributed by atoms with Crippen LogP contribution in [0.25, 0.3) is 21.8 Å². The van der Waals surface area contributed by atoms with Gasteiger partial charge in [-0.2, -0.15) is 0 Å². The number of aryl methyl sites for hydroxylation is 2. The van der Waals surface area contributed by atoms with E-state index in [9.17, 15) is 0 Å². The van der Waals surface area contributed by atoms with Crippen molar-refractivity contribution in [2.75, 3.05) is 0 Å². The molecule has 0 fully saturated rings. The highest BCUT2D eigenvalue weighted by molar-refractivity contribution is 9.10. The Bertz CT molecular complexity index is 735. The minimum atomic E-state index is 0.970. The monoisotopic (exact) mass is 286 g/mol. The van der Waals surface area contributed by atoms with Crippen LogP contribution in [0.2, 0.25) is 0 Å². The third-order valence-electron chi connectivity index (χ3n) is 2.86. The second-order valence-electron chi connectivity index (χ2n) is 4.23. The molecule has 0 saturated carbocycles. The molecule has 0 N–H and O–H groups in total. The lowest BCUT2D eigenvalue weighted by molar-refractivity contribution is 1.22. The Labute approximate surface area is 108 Å². The van der Waals surface area contributed by atoms with E-state index in [0.717, 1.165) is 37.7 Å². The van der Waals surface area contributed by atoms with Crippen molar-refractivity contribution >= 4 is 37.7 Å². The smallest absolute Gasteiger partial charge is 0.0979 e. The minimum Gasteiger partial charge on any atom is -0.251 e. The average Bonchev–Trinajstić information content (AvgIpc) is 2.28. The highest BCUT2D eigenvalue weighted by Crippen LogP contribution is 2.28. The molecule has 84 valence electrons. The molecular formula is C14H11BrN2. The number of rotatable bonds is 0. The fourth-order valence-corrected chi connectivity index (χ4v) is 2.70. The van der Waals surface area contributed by atoms with Crippen molar-refractivity contribution in [2.45, 2.75) is 13.8 Å². The largest absolute Gasteiger partial charge is 0.251 e. The number of hydrogen-bond donors (Lipinski definition) is 0. The third-order valence-corrected chi connectivity index (χ3v) is 3.51. The van der Waals surface area contributed by atoms with Crippen LogP contribution in [0.3, 0.4) is 0 Å². The number of aromatic nitrogens is 2. The predicted molar refractivity (Wildman–Crippen MR) is 74.2 cm³/mol. The van der Waals surface area contributed by atoms with Crippen molar-refractivity contribution in [3.05, 3.63) is 46.2 Å². The molecule has 0 aliphatic heterocycles. The predicted octanol–water partition coefficient (Wildman–Crippen LogP) is 4.16. The number of benzene rings is 1. The van der Waals surface area contributed by atoms with Crippen molar-refractivity contribution in [2.24, 2.45) is 0 Å². The highest BCUT2D eigenvalue weighted by Gasteiger charge is 2.07. The molecule has 0 saturated heterocycles. The molecule has 17 heavy (non-hydrogen) atoms.